The van der Waals surface area contributed by atoms with Gasteiger partial charge in [-0.2, -0.15) is 0 Å². The maximum absolute atomic E-state index is 11.4. The molecule has 1 amide bonds. The molecular weight excluding hydrogens is 190 g/mol. The van der Waals surface area contributed by atoms with Crippen LogP contribution >= 0.6 is 0 Å². The Kier molecular flexibility index (Phi) is 4.54. The van der Waals surface area contributed by atoms with Crippen LogP contribution in [-0.2, 0) is 9.59 Å². The lowest BCUT2D eigenvalue weighted by Crippen LogP contribution is -2.16. The summed E-state index contributed by atoms with van der Waals surface area (Å²) in [7, 11) is 0. The Morgan fingerprint density at radius 1 is 1.20 bits per heavy atom. The molecule has 1 aromatic carbocycles. The predicted molar refractivity (Wildman–Crippen MR) is 59.6 cm³/mol. The lowest BCUT2D eigenvalue weighted by Gasteiger charge is -2.03. The summed E-state index contributed by atoms with van der Waals surface area (Å²) < 4.78 is 0. The lowest BCUT2D eigenvalue weighted by molar-refractivity contribution is -0.125. The summed E-state index contributed by atoms with van der Waals surface area (Å²) in [5.74, 6) is -0.245. The molecule has 0 radical (unpaired) electrons. The molecule has 15 heavy (non-hydrogen) atoms. The molecule has 0 unspecified atom stereocenters. The van der Waals surface area contributed by atoms with Crippen LogP contribution in [0.5, 0.6) is 0 Å². The van der Waals surface area contributed by atoms with Crippen LogP contribution < -0.4 is 5.32 Å². The van der Waals surface area contributed by atoms with E-state index < -0.39 is 0 Å². The van der Waals surface area contributed by atoms with Gasteiger partial charge >= 0.3 is 0 Å². The smallest absolute Gasteiger partial charge is 0.231 e. The summed E-state index contributed by atoms with van der Waals surface area (Å²) >= 11 is 0. The monoisotopic (exact) mass is 205 g/mol. The first-order valence-corrected chi connectivity index (χ1v) is 5.09. The first-order valence-electron chi connectivity index (χ1n) is 5.09. The summed E-state index contributed by atoms with van der Waals surface area (Å²) in [5.41, 5.74) is 0.729. The first-order chi connectivity index (χ1) is 7.22. The van der Waals surface area contributed by atoms with Gasteiger partial charge in [0, 0.05) is 12.1 Å². The molecule has 0 aliphatic carbocycles. The minimum Gasteiger partial charge on any atom is -0.326 e. The number of carbonyl (C=O) groups is 2. The fourth-order valence-electron chi connectivity index (χ4n) is 1.27. The van der Waals surface area contributed by atoms with E-state index in [1.807, 2.05) is 25.1 Å². The predicted octanol–water partition coefficient (Wildman–Crippen LogP) is 2.38. The zero-order chi connectivity index (χ0) is 11.1. The average Bonchev–Trinajstić information content (AvgIpc) is 2.19. The van der Waals surface area contributed by atoms with Crippen LogP contribution in [0, 0.1) is 0 Å². The van der Waals surface area contributed by atoms with E-state index in [1.165, 1.54) is 0 Å². The molecule has 0 fully saturated rings. The van der Waals surface area contributed by atoms with Gasteiger partial charge in [0.1, 0.15) is 5.78 Å². The van der Waals surface area contributed by atoms with Crippen molar-refractivity contribution in [3.63, 3.8) is 0 Å². The molecule has 3 heteroatoms. The van der Waals surface area contributed by atoms with Crippen LogP contribution in [-0.4, -0.2) is 11.7 Å². The fraction of sp³-hybridized carbons (Fsp3) is 0.333. The van der Waals surface area contributed by atoms with Crippen LogP contribution in [0.4, 0.5) is 5.69 Å². The van der Waals surface area contributed by atoms with E-state index in [4.69, 9.17) is 0 Å². The van der Waals surface area contributed by atoms with Crippen LogP contribution in [0.2, 0.25) is 0 Å². The number of carbonyl (C=O) groups excluding carboxylic acids is 2. The Hall–Kier alpha value is -1.64. The number of ketones is 1. The molecule has 0 aliphatic rings. The molecule has 0 saturated carbocycles. The van der Waals surface area contributed by atoms with Crippen LogP contribution in [0.1, 0.15) is 26.2 Å². The standard InChI is InChI=1S/C12H15NO2/c1-2-6-11(14)9-12(15)13-10-7-4-3-5-8-10/h3-5,7-8H,2,6,9H2,1H3,(H,13,15). The zero-order valence-electron chi connectivity index (χ0n) is 8.82. The number of hydrogen-bond acceptors (Lipinski definition) is 2. The van der Waals surface area contributed by atoms with Crippen LogP contribution in [0.3, 0.4) is 0 Å². The third-order valence-corrected chi connectivity index (χ3v) is 1.94. The number of rotatable bonds is 5. The highest BCUT2D eigenvalue weighted by Gasteiger charge is 2.08. The van der Waals surface area contributed by atoms with E-state index in [2.05, 4.69) is 5.32 Å². The molecule has 3 nitrogen and oxygen atoms in total. The van der Waals surface area contributed by atoms with Crippen molar-refractivity contribution < 1.29 is 9.59 Å². The topological polar surface area (TPSA) is 46.2 Å². The van der Waals surface area contributed by atoms with E-state index in [0.717, 1.165) is 12.1 Å². The molecule has 0 spiro atoms. The number of Topliss-reactive ketones (excluding diaryl/α,β-unsaturated/α-hetero) is 1. The van der Waals surface area contributed by atoms with Crippen LogP contribution in [0.15, 0.2) is 30.3 Å². The molecule has 1 rings (SSSR count). The number of hydrogen-bond donors (Lipinski definition) is 1. The van der Waals surface area contributed by atoms with Gasteiger partial charge in [0.25, 0.3) is 0 Å². The van der Waals surface area contributed by atoms with Gasteiger partial charge in [-0.3, -0.25) is 9.59 Å². The number of benzene rings is 1. The molecule has 1 N–H and O–H groups in total. The van der Waals surface area contributed by atoms with Crippen molar-refractivity contribution in [3.05, 3.63) is 30.3 Å². The minimum atomic E-state index is -0.236. The number of anilines is 1. The summed E-state index contributed by atoms with van der Waals surface area (Å²) in [6.07, 6.45) is 1.24. The molecule has 0 heterocycles. The van der Waals surface area contributed by atoms with Gasteiger partial charge in [-0.1, -0.05) is 25.1 Å². The fourth-order valence-corrected chi connectivity index (χ4v) is 1.27. The maximum Gasteiger partial charge on any atom is 0.231 e. The summed E-state index contributed by atoms with van der Waals surface area (Å²) in [6, 6.07) is 9.13. The molecule has 80 valence electrons. The molecule has 0 aromatic heterocycles. The Morgan fingerprint density at radius 3 is 2.47 bits per heavy atom. The number of nitrogens with one attached hydrogen (secondary N) is 1. The van der Waals surface area contributed by atoms with Crippen molar-refractivity contribution in [2.24, 2.45) is 0 Å². The third-order valence-electron chi connectivity index (χ3n) is 1.94. The van der Waals surface area contributed by atoms with E-state index in [1.54, 1.807) is 12.1 Å². The second-order valence-electron chi connectivity index (χ2n) is 3.38. The van der Waals surface area contributed by atoms with Crippen molar-refractivity contribution in [2.75, 3.05) is 5.32 Å². The summed E-state index contributed by atoms with van der Waals surface area (Å²) in [4.78, 5) is 22.5. The van der Waals surface area contributed by atoms with E-state index in [0.29, 0.717) is 6.42 Å². The Bertz CT molecular complexity index is 333. The quantitative estimate of drug-likeness (QED) is 0.750. The second-order valence-corrected chi connectivity index (χ2v) is 3.38. The zero-order valence-corrected chi connectivity index (χ0v) is 8.82. The van der Waals surface area contributed by atoms with Gasteiger partial charge in [-0.25, -0.2) is 0 Å². The highest BCUT2D eigenvalue weighted by molar-refractivity contribution is 6.04. The van der Waals surface area contributed by atoms with E-state index in [-0.39, 0.29) is 18.1 Å². The SMILES string of the molecule is CCCC(=O)CC(=O)Nc1ccccc1. The second kappa shape index (κ2) is 5.96. The van der Waals surface area contributed by atoms with Crippen molar-refractivity contribution in [3.8, 4) is 0 Å². The largest absolute Gasteiger partial charge is 0.326 e. The number of para-hydroxylation sites is 1. The lowest BCUT2D eigenvalue weighted by atomic mass is 10.2. The highest BCUT2D eigenvalue weighted by Crippen LogP contribution is 2.06. The van der Waals surface area contributed by atoms with Gasteiger partial charge in [-0.15, -0.1) is 0 Å². The molecule has 0 bridgehead atoms. The van der Waals surface area contributed by atoms with Crippen molar-refractivity contribution in [2.45, 2.75) is 26.2 Å². The van der Waals surface area contributed by atoms with Crippen molar-refractivity contribution >= 4 is 17.4 Å². The molecule has 0 atom stereocenters. The molecule has 0 aliphatic heterocycles. The minimum absolute atomic E-state index is 0.00840. The Labute approximate surface area is 89.5 Å². The Balaban J connectivity index is 2.40. The normalized spacial score (nSPS) is 9.67. The maximum atomic E-state index is 11.4. The third kappa shape index (κ3) is 4.40. The molecular formula is C12H15NO2. The average molecular weight is 205 g/mol. The Morgan fingerprint density at radius 2 is 1.87 bits per heavy atom. The van der Waals surface area contributed by atoms with Gasteiger partial charge in [0.2, 0.25) is 5.91 Å². The van der Waals surface area contributed by atoms with Gasteiger partial charge in [-0.05, 0) is 18.6 Å². The van der Waals surface area contributed by atoms with Gasteiger partial charge < -0.3 is 5.32 Å². The summed E-state index contributed by atoms with van der Waals surface area (Å²) in [5, 5.41) is 2.67. The van der Waals surface area contributed by atoms with E-state index >= 15 is 0 Å². The molecule has 1 aromatic rings. The van der Waals surface area contributed by atoms with Crippen molar-refractivity contribution in [1.82, 2.24) is 0 Å². The number of amides is 1. The summed E-state index contributed by atoms with van der Waals surface area (Å²) in [6.45, 7) is 1.92. The van der Waals surface area contributed by atoms with Gasteiger partial charge in [0.05, 0.1) is 6.42 Å². The molecule has 0 saturated heterocycles. The van der Waals surface area contributed by atoms with E-state index in [9.17, 15) is 9.59 Å². The van der Waals surface area contributed by atoms with Crippen molar-refractivity contribution in [1.29, 1.82) is 0 Å². The van der Waals surface area contributed by atoms with Gasteiger partial charge in [0.15, 0.2) is 0 Å². The first kappa shape index (κ1) is 11.4. The highest BCUT2D eigenvalue weighted by atomic mass is 16.2. The van der Waals surface area contributed by atoms with Crippen LogP contribution in [0.25, 0.3) is 0 Å².